The highest BCUT2D eigenvalue weighted by Crippen LogP contribution is 2.56. The standard InChI is InChI=1S/C26H51O4PSi/c1-12-28-31(27,29-13-2)25(30-32(10,11)26(7,8)9)21-20-24(6)19-15-18-23(5)17-14-16-22(3)4/h16,18,20,25H,12-15,17,19,21H2,1-11H3/b23-18+,24-20+. The molecular formula is C26H51O4PSi. The Hall–Kier alpha value is -0.453. The van der Waals surface area contributed by atoms with Gasteiger partial charge in [-0.05, 0) is 85.4 Å². The molecule has 0 aliphatic heterocycles. The van der Waals surface area contributed by atoms with Crippen LogP contribution in [-0.4, -0.2) is 27.4 Å². The van der Waals surface area contributed by atoms with Gasteiger partial charge in [0.2, 0.25) is 0 Å². The van der Waals surface area contributed by atoms with Crippen LogP contribution < -0.4 is 0 Å². The summed E-state index contributed by atoms with van der Waals surface area (Å²) in [6, 6.07) is 0. The third-order valence-electron chi connectivity index (χ3n) is 6.00. The molecule has 0 radical (unpaired) electrons. The van der Waals surface area contributed by atoms with Crippen molar-refractivity contribution >= 4 is 15.9 Å². The van der Waals surface area contributed by atoms with Crippen molar-refractivity contribution in [1.29, 1.82) is 0 Å². The summed E-state index contributed by atoms with van der Waals surface area (Å²) < 4.78 is 31.5. The summed E-state index contributed by atoms with van der Waals surface area (Å²) >= 11 is 0. The van der Waals surface area contributed by atoms with Crippen LogP contribution in [0.1, 0.15) is 94.4 Å². The van der Waals surface area contributed by atoms with Gasteiger partial charge in [0.25, 0.3) is 0 Å². The molecule has 0 aliphatic rings. The second-order valence-corrected chi connectivity index (χ2v) is 17.3. The molecule has 6 heteroatoms. The van der Waals surface area contributed by atoms with Gasteiger partial charge in [0, 0.05) is 6.42 Å². The van der Waals surface area contributed by atoms with E-state index in [0.29, 0.717) is 19.6 Å². The van der Waals surface area contributed by atoms with Crippen molar-refractivity contribution in [3.05, 3.63) is 34.9 Å². The fourth-order valence-electron chi connectivity index (χ4n) is 2.96. The molecule has 4 nitrogen and oxygen atoms in total. The van der Waals surface area contributed by atoms with Gasteiger partial charge in [0.1, 0.15) is 0 Å². The van der Waals surface area contributed by atoms with E-state index in [9.17, 15) is 4.57 Å². The van der Waals surface area contributed by atoms with Crippen LogP contribution >= 0.6 is 7.60 Å². The van der Waals surface area contributed by atoms with E-state index in [4.69, 9.17) is 13.5 Å². The number of rotatable bonds is 15. The largest absolute Gasteiger partial charge is 0.403 e. The van der Waals surface area contributed by atoms with Crippen molar-refractivity contribution in [2.24, 2.45) is 0 Å². The summed E-state index contributed by atoms with van der Waals surface area (Å²) in [4.78, 5) is 0. The molecule has 188 valence electrons. The quantitative estimate of drug-likeness (QED) is 0.131. The van der Waals surface area contributed by atoms with Crippen LogP contribution in [0.25, 0.3) is 0 Å². The Morgan fingerprint density at radius 3 is 1.78 bits per heavy atom. The molecule has 0 heterocycles. The molecule has 0 amide bonds. The van der Waals surface area contributed by atoms with Crippen LogP contribution in [-0.2, 0) is 18.0 Å². The zero-order valence-electron chi connectivity index (χ0n) is 22.8. The van der Waals surface area contributed by atoms with Crippen molar-refractivity contribution < 1.29 is 18.0 Å². The molecular weight excluding hydrogens is 435 g/mol. The summed E-state index contributed by atoms with van der Waals surface area (Å²) in [7, 11) is -5.51. The van der Waals surface area contributed by atoms with E-state index in [-0.39, 0.29) is 5.04 Å². The predicted molar refractivity (Wildman–Crippen MR) is 143 cm³/mol. The molecule has 0 spiro atoms. The fraction of sp³-hybridized carbons (Fsp3) is 0.769. The molecule has 32 heavy (non-hydrogen) atoms. The average molecular weight is 487 g/mol. The molecule has 0 aromatic heterocycles. The molecule has 0 aromatic rings. The number of allylic oxidation sites excluding steroid dienone is 5. The highest BCUT2D eigenvalue weighted by molar-refractivity contribution is 7.54. The molecule has 0 saturated heterocycles. The summed E-state index contributed by atoms with van der Waals surface area (Å²) in [5.41, 5.74) is 4.09. The Kier molecular flexibility index (Phi) is 14.5. The van der Waals surface area contributed by atoms with Crippen LogP contribution in [0.5, 0.6) is 0 Å². The van der Waals surface area contributed by atoms with Gasteiger partial charge >= 0.3 is 7.60 Å². The molecule has 0 aliphatic carbocycles. The maximum absolute atomic E-state index is 13.6. The highest BCUT2D eigenvalue weighted by Gasteiger charge is 2.45. The molecule has 0 aromatic carbocycles. The summed E-state index contributed by atoms with van der Waals surface area (Å²) in [5.74, 6) is -0.570. The van der Waals surface area contributed by atoms with Gasteiger partial charge < -0.3 is 13.5 Å². The van der Waals surface area contributed by atoms with Gasteiger partial charge in [-0.2, -0.15) is 0 Å². The first-order valence-corrected chi connectivity index (χ1v) is 16.7. The Morgan fingerprint density at radius 1 is 0.875 bits per heavy atom. The van der Waals surface area contributed by atoms with E-state index < -0.39 is 21.8 Å². The molecule has 1 unspecified atom stereocenters. The van der Waals surface area contributed by atoms with E-state index in [2.05, 4.69) is 79.8 Å². The number of hydrogen-bond donors (Lipinski definition) is 0. The molecule has 0 bridgehead atoms. The van der Waals surface area contributed by atoms with Crippen LogP contribution in [0, 0.1) is 0 Å². The minimum absolute atomic E-state index is 0.0150. The van der Waals surface area contributed by atoms with Crippen molar-refractivity contribution in [2.75, 3.05) is 13.2 Å². The first-order valence-electron chi connectivity index (χ1n) is 12.2. The van der Waals surface area contributed by atoms with E-state index in [1.807, 2.05) is 13.8 Å². The normalized spacial score (nSPS) is 15.1. The Labute approximate surface area is 200 Å². The van der Waals surface area contributed by atoms with E-state index in [1.54, 1.807) is 0 Å². The summed E-state index contributed by atoms with van der Waals surface area (Å²) in [5, 5.41) is 0.0150. The lowest BCUT2D eigenvalue weighted by Gasteiger charge is -2.40. The lowest BCUT2D eigenvalue weighted by Crippen LogP contribution is -2.44. The second kappa shape index (κ2) is 14.7. The SMILES string of the molecule is CCOP(=O)(OCC)C(C/C=C(\C)CC/C=C(\C)CCC=C(C)C)O[Si](C)(C)C(C)(C)C. The van der Waals surface area contributed by atoms with E-state index in [1.165, 1.54) is 16.7 Å². The molecule has 0 rings (SSSR count). The maximum Gasteiger partial charge on any atom is 0.358 e. The zero-order chi connectivity index (χ0) is 25.0. The second-order valence-electron chi connectivity index (χ2n) is 10.4. The Bertz CT molecular complexity index is 672. The highest BCUT2D eigenvalue weighted by atomic mass is 31.2. The monoisotopic (exact) mass is 486 g/mol. The maximum atomic E-state index is 13.6. The molecule has 0 fully saturated rings. The van der Waals surface area contributed by atoms with E-state index in [0.717, 1.165) is 25.7 Å². The smallest absolute Gasteiger partial charge is 0.358 e. The van der Waals surface area contributed by atoms with Crippen molar-refractivity contribution in [2.45, 2.75) is 118 Å². The minimum atomic E-state index is -3.36. The van der Waals surface area contributed by atoms with Gasteiger partial charge in [0.15, 0.2) is 14.2 Å². The van der Waals surface area contributed by atoms with Crippen LogP contribution in [0.4, 0.5) is 0 Å². The van der Waals surface area contributed by atoms with Gasteiger partial charge in [0.05, 0.1) is 13.2 Å². The average Bonchev–Trinajstić information content (AvgIpc) is 2.64. The van der Waals surface area contributed by atoms with Crippen LogP contribution in [0.2, 0.25) is 18.1 Å². The van der Waals surface area contributed by atoms with Gasteiger partial charge in [-0.1, -0.05) is 55.7 Å². The zero-order valence-corrected chi connectivity index (χ0v) is 24.7. The van der Waals surface area contributed by atoms with Gasteiger partial charge in [-0.3, -0.25) is 4.57 Å². The Morgan fingerprint density at radius 2 is 1.34 bits per heavy atom. The molecule has 0 N–H and O–H groups in total. The van der Waals surface area contributed by atoms with Crippen molar-refractivity contribution in [1.82, 2.24) is 0 Å². The third-order valence-corrected chi connectivity index (χ3v) is 12.9. The molecule has 0 saturated carbocycles. The van der Waals surface area contributed by atoms with Gasteiger partial charge in [-0.15, -0.1) is 0 Å². The third kappa shape index (κ3) is 12.1. The van der Waals surface area contributed by atoms with Crippen LogP contribution in [0.15, 0.2) is 34.9 Å². The topological polar surface area (TPSA) is 44.8 Å². The first-order chi connectivity index (χ1) is 14.7. The Balaban J connectivity index is 5.32. The fourth-order valence-corrected chi connectivity index (χ4v) is 6.89. The molecule has 1 atom stereocenters. The summed E-state index contributed by atoms with van der Waals surface area (Å²) in [6.45, 7) is 24.0. The lowest BCUT2D eigenvalue weighted by atomic mass is 10.1. The van der Waals surface area contributed by atoms with Gasteiger partial charge in [-0.25, -0.2) is 0 Å². The minimum Gasteiger partial charge on any atom is -0.403 e. The van der Waals surface area contributed by atoms with Crippen molar-refractivity contribution in [3.63, 3.8) is 0 Å². The van der Waals surface area contributed by atoms with E-state index >= 15 is 0 Å². The first kappa shape index (κ1) is 31.5. The number of hydrogen-bond acceptors (Lipinski definition) is 4. The lowest BCUT2D eigenvalue weighted by molar-refractivity contribution is 0.153. The van der Waals surface area contributed by atoms with Crippen LogP contribution in [0.3, 0.4) is 0 Å². The van der Waals surface area contributed by atoms with Crippen molar-refractivity contribution in [3.8, 4) is 0 Å². The predicted octanol–water partition coefficient (Wildman–Crippen LogP) is 9.41. The summed E-state index contributed by atoms with van der Waals surface area (Å²) in [6.07, 6.45) is 11.6.